The van der Waals surface area contributed by atoms with Crippen LogP contribution in [0.4, 0.5) is 0 Å². The highest BCUT2D eigenvalue weighted by Gasteiger charge is 2.28. The van der Waals surface area contributed by atoms with Gasteiger partial charge in [-0.15, -0.1) is 0 Å². The van der Waals surface area contributed by atoms with E-state index in [9.17, 15) is 4.79 Å². The molecule has 0 radical (unpaired) electrons. The fourth-order valence-electron chi connectivity index (χ4n) is 3.24. The number of hydrogen-bond donors (Lipinski definition) is 0. The van der Waals surface area contributed by atoms with Crippen LogP contribution in [0.2, 0.25) is 0 Å². The summed E-state index contributed by atoms with van der Waals surface area (Å²) in [6.07, 6.45) is 9.12. The van der Waals surface area contributed by atoms with Gasteiger partial charge in [0, 0.05) is 12.3 Å². The van der Waals surface area contributed by atoms with Gasteiger partial charge in [0.25, 0.3) is 0 Å². The van der Waals surface area contributed by atoms with Crippen LogP contribution < -0.4 is 0 Å². The lowest BCUT2D eigenvalue weighted by Crippen LogP contribution is -2.23. The number of Topliss-reactive ketones (excluding diaryl/α,β-unsaturated/α-hetero) is 1. The number of ketones is 1. The highest BCUT2D eigenvalue weighted by atomic mass is 16.1. The second-order valence-electron chi connectivity index (χ2n) is 5.89. The predicted molar refractivity (Wildman–Crippen MR) is 80.3 cm³/mol. The standard InChI is InChI=1S/C18H26O/c1-2-3-4-6-11-17-14-16(12-13-18(17)19)15-9-7-5-8-10-15/h5,7-10,16-17H,2-4,6,11-14H2,1H3. The fraction of sp³-hybridized carbons (Fsp3) is 0.611. The molecule has 1 heteroatoms. The Morgan fingerprint density at radius 1 is 1.11 bits per heavy atom. The molecule has 19 heavy (non-hydrogen) atoms. The van der Waals surface area contributed by atoms with Crippen LogP contribution in [0.3, 0.4) is 0 Å². The fourth-order valence-corrected chi connectivity index (χ4v) is 3.24. The summed E-state index contributed by atoms with van der Waals surface area (Å²) in [5.74, 6) is 1.45. The third-order valence-electron chi connectivity index (χ3n) is 4.44. The molecule has 1 fully saturated rings. The molecule has 1 aromatic carbocycles. The Bertz CT molecular complexity index is 382. The smallest absolute Gasteiger partial charge is 0.136 e. The van der Waals surface area contributed by atoms with Gasteiger partial charge in [0.05, 0.1) is 0 Å². The SMILES string of the molecule is CCCCCCC1CC(c2ccccc2)CCC1=O. The number of rotatable bonds is 6. The number of carbonyl (C=O) groups excluding carboxylic acids is 1. The van der Waals surface area contributed by atoms with E-state index >= 15 is 0 Å². The van der Waals surface area contributed by atoms with Gasteiger partial charge in [0.2, 0.25) is 0 Å². The molecule has 0 aromatic heterocycles. The van der Waals surface area contributed by atoms with Crippen LogP contribution in [0, 0.1) is 5.92 Å². The number of carbonyl (C=O) groups is 1. The average Bonchev–Trinajstić information content (AvgIpc) is 2.46. The Morgan fingerprint density at radius 2 is 1.89 bits per heavy atom. The number of benzene rings is 1. The van der Waals surface area contributed by atoms with Crippen LogP contribution in [0.25, 0.3) is 0 Å². The Kier molecular flexibility index (Phi) is 5.62. The van der Waals surface area contributed by atoms with Gasteiger partial charge in [-0.05, 0) is 30.7 Å². The predicted octanol–water partition coefficient (Wildman–Crippen LogP) is 5.11. The van der Waals surface area contributed by atoms with Gasteiger partial charge in [0.1, 0.15) is 5.78 Å². The quantitative estimate of drug-likeness (QED) is 0.648. The van der Waals surface area contributed by atoms with Crippen molar-refractivity contribution in [1.29, 1.82) is 0 Å². The Hall–Kier alpha value is -1.11. The maximum atomic E-state index is 12.0. The molecule has 0 heterocycles. The molecule has 0 N–H and O–H groups in total. The first-order valence-electron chi connectivity index (χ1n) is 7.89. The van der Waals surface area contributed by atoms with Gasteiger partial charge in [-0.3, -0.25) is 4.79 Å². The zero-order valence-corrected chi connectivity index (χ0v) is 12.1. The van der Waals surface area contributed by atoms with Crippen LogP contribution >= 0.6 is 0 Å². The summed E-state index contributed by atoms with van der Waals surface area (Å²) in [5, 5.41) is 0. The Balaban J connectivity index is 1.87. The lowest BCUT2D eigenvalue weighted by molar-refractivity contribution is -0.125. The van der Waals surface area contributed by atoms with E-state index in [0.29, 0.717) is 17.6 Å². The van der Waals surface area contributed by atoms with E-state index in [4.69, 9.17) is 0 Å². The first kappa shape index (κ1) is 14.3. The van der Waals surface area contributed by atoms with Crippen molar-refractivity contribution in [2.45, 2.75) is 64.2 Å². The van der Waals surface area contributed by atoms with Gasteiger partial charge in [-0.2, -0.15) is 0 Å². The zero-order chi connectivity index (χ0) is 13.5. The molecular formula is C18H26O. The third kappa shape index (κ3) is 4.19. The van der Waals surface area contributed by atoms with E-state index in [0.717, 1.165) is 25.7 Å². The minimum atomic E-state index is 0.329. The molecule has 0 bridgehead atoms. The van der Waals surface area contributed by atoms with E-state index in [-0.39, 0.29) is 0 Å². The molecule has 0 saturated heterocycles. The minimum Gasteiger partial charge on any atom is -0.299 e. The van der Waals surface area contributed by atoms with Crippen molar-refractivity contribution in [3.05, 3.63) is 35.9 Å². The molecule has 0 spiro atoms. The molecule has 2 unspecified atom stereocenters. The maximum Gasteiger partial charge on any atom is 0.136 e. The van der Waals surface area contributed by atoms with Crippen molar-refractivity contribution < 1.29 is 4.79 Å². The van der Waals surface area contributed by atoms with E-state index in [1.54, 1.807) is 0 Å². The highest BCUT2D eigenvalue weighted by molar-refractivity contribution is 5.82. The lowest BCUT2D eigenvalue weighted by Gasteiger charge is -2.28. The van der Waals surface area contributed by atoms with Crippen molar-refractivity contribution in [3.63, 3.8) is 0 Å². The second kappa shape index (κ2) is 7.47. The summed E-state index contributed by atoms with van der Waals surface area (Å²) in [6.45, 7) is 2.23. The molecule has 0 amide bonds. The monoisotopic (exact) mass is 258 g/mol. The van der Waals surface area contributed by atoms with Crippen LogP contribution in [0.5, 0.6) is 0 Å². The summed E-state index contributed by atoms with van der Waals surface area (Å²) >= 11 is 0. The molecular weight excluding hydrogens is 232 g/mol. The number of unbranched alkanes of at least 4 members (excludes halogenated alkanes) is 3. The normalized spacial score (nSPS) is 23.5. The van der Waals surface area contributed by atoms with Crippen molar-refractivity contribution in [3.8, 4) is 0 Å². The average molecular weight is 258 g/mol. The van der Waals surface area contributed by atoms with Crippen molar-refractivity contribution in [2.75, 3.05) is 0 Å². The second-order valence-corrected chi connectivity index (χ2v) is 5.89. The van der Waals surface area contributed by atoms with E-state index in [1.165, 1.54) is 31.2 Å². The first-order chi connectivity index (χ1) is 9.31. The topological polar surface area (TPSA) is 17.1 Å². The molecule has 0 aliphatic heterocycles. The lowest BCUT2D eigenvalue weighted by atomic mass is 9.75. The van der Waals surface area contributed by atoms with E-state index in [1.807, 2.05) is 0 Å². The number of hydrogen-bond acceptors (Lipinski definition) is 1. The highest BCUT2D eigenvalue weighted by Crippen LogP contribution is 2.36. The van der Waals surface area contributed by atoms with Gasteiger partial charge in [0.15, 0.2) is 0 Å². The largest absolute Gasteiger partial charge is 0.299 e. The Morgan fingerprint density at radius 3 is 2.63 bits per heavy atom. The maximum absolute atomic E-state index is 12.0. The molecule has 2 atom stereocenters. The van der Waals surface area contributed by atoms with E-state index < -0.39 is 0 Å². The van der Waals surface area contributed by atoms with Crippen LogP contribution in [-0.2, 0) is 4.79 Å². The van der Waals surface area contributed by atoms with Crippen LogP contribution in [0.15, 0.2) is 30.3 Å². The molecule has 2 rings (SSSR count). The zero-order valence-electron chi connectivity index (χ0n) is 12.1. The first-order valence-corrected chi connectivity index (χ1v) is 7.89. The molecule has 1 aromatic rings. The van der Waals surface area contributed by atoms with Crippen molar-refractivity contribution in [1.82, 2.24) is 0 Å². The Labute approximate surface area is 117 Å². The third-order valence-corrected chi connectivity index (χ3v) is 4.44. The minimum absolute atomic E-state index is 0.329. The summed E-state index contributed by atoms with van der Waals surface area (Å²) < 4.78 is 0. The van der Waals surface area contributed by atoms with Gasteiger partial charge in [-0.25, -0.2) is 0 Å². The van der Waals surface area contributed by atoms with Gasteiger partial charge >= 0.3 is 0 Å². The van der Waals surface area contributed by atoms with E-state index in [2.05, 4.69) is 37.3 Å². The van der Waals surface area contributed by atoms with Crippen molar-refractivity contribution in [2.24, 2.45) is 5.92 Å². The molecule has 1 aliphatic rings. The summed E-state index contributed by atoms with van der Waals surface area (Å²) in [5.41, 5.74) is 1.42. The molecule has 1 aliphatic carbocycles. The van der Waals surface area contributed by atoms with Gasteiger partial charge < -0.3 is 0 Å². The summed E-state index contributed by atoms with van der Waals surface area (Å²) in [4.78, 5) is 12.0. The summed E-state index contributed by atoms with van der Waals surface area (Å²) in [7, 11) is 0. The molecule has 1 nitrogen and oxygen atoms in total. The molecule has 104 valence electrons. The molecule has 1 saturated carbocycles. The van der Waals surface area contributed by atoms with Crippen LogP contribution in [0.1, 0.15) is 69.8 Å². The van der Waals surface area contributed by atoms with Crippen LogP contribution in [-0.4, -0.2) is 5.78 Å². The van der Waals surface area contributed by atoms with Gasteiger partial charge in [-0.1, -0.05) is 62.9 Å². The van der Waals surface area contributed by atoms with Crippen molar-refractivity contribution >= 4 is 5.78 Å². The summed E-state index contributed by atoms with van der Waals surface area (Å²) in [6, 6.07) is 10.7.